The molecule has 33 heavy (non-hydrogen) atoms. The maximum Gasteiger partial charge on any atom is 0.253 e. The van der Waals surface area contributed by atoms with E-state index in [-0.39, 0.29) is 30.2 Å². The quantitative estimate of drug-likeness (QED) is 0.569. The molecule has 1 aromatic carbocycles. The predicted octanol–water partition coefficient (Wildman–Crippen LogP) is 4.35. The number of amides is 1. The van der Waals surface area contributed by atoms with Crippen LogP contribution in [0.1, 0.15) is 71.3 Å². The molecule has 1 aliphatic heterocycles. The molecule has 0 radical (unpaired) electrons. The van der Waals surface area contributed by atoms with Gasteiger partial charge in [0.1, 0.15) is 5.75 Å². The van der Waals surface area contributed by atoms with Crippen LogP contribution in [0.4, 0.5) is 0 Å². The van der Waals surface area contributed by atoms with E-state index in [2.05, 4.69) is 22.5 Å². The minimum atomic E-state index is -0.262. The Morgan fingerprint density at radius 2 is 1.85 bits per heavy atom. The van der Waals surface area contributed by atoms with Gasteiger partial charge in [0, 0.05) is 40.0 Å². The zero-order chi connectivity index (χ0) is 23.4. The van der Waals surface area contributed by atoms with E-state index in [4.69, 9.17) is 22.1 Å². The molecule has 0 unspecified atom stereocenters. The van der Waals surface area contributed by atoms with Gasteiger partial charge in [0.25, 0.3) is 11.5 Å². The summed E-state index contributed by atoms with van der Waals surface area (Å²) in [5.41, 5.74) is 9.61. The van der Waals surface area contributed by atoms with Gasteiger partial charge in [-0.05, 0) is 82.1 Å². The number of fused-ring (bicyclic) bond motifs is 2. The summed E-state index contributed by atoms with van der Waals surface area (Å²) in [6.45, 7) is 2.04. The Labute approximate surface area is 199 Å². The minimum Gasteiger partial charge on any atom is -0.490 e. The van der Waals surface area contributed by atoms with Crippen LogP contribution in [0.5, 0.6) is 5.75 Å². The van der Waals surface area contributed by atoms with Crippen LogP contribution in [-0.2, 0) is 19.4 Å². The summed E-state index contributed by atoms with van der Waals surface area (Å²) in [7, 11) is 0. The number of allylic oxidation sites excluding steroid dienone is 2. The molecule has 0 spiro atoms. The van der Waals surface area contributed by atoms with Gasteiger partial charge in [-0.15, -0.1) is 0 Å². The monoisotopic (exact) mass is 469 g/mol. The van der Waals surface area contributed by atoms with Crippen LogP contribution in [-0.4, -0.2) is 23.0 Å². The molecule has 1 saturated carbocycles. The van der Waals surface area contributed by atoms with E-state index in [0.717, 1.165) is 61.8 Å². The van der Waals surface area contributed by atoms with Crippen molar-refractivity contribution in [2.24, 2.45) is 5.73 Å². The van der Waals surface area contributed by atoms with Crippen molar-refractivity contribution in [3.8, 4) is 5.75 Å². The van der Waals surface area contributed by atoms with Gasteiger partial charge < -0.3 is 20.8 Å². The number of aryl methyl sites for hydroxylation is 2. The van der Waals surface area contributed by atoms with E-state index >= 15 is 0 Å². The Hall–Kier alpha value is -2.57. The highest BCUT2D eigenvalue weighted by molar-refractivity contribution is 6.31. The third-order valence-corrected chi connectivity index (χ3v) is 6.74. The van der Waals surface area contributed by atoms with Gasteiger partial charge in [-0.1, -0.05) is 23.8 Å². The maximum atomic E-state index is 13.3. The summed E-state index contributed by atoms with van der Waals surface area (Å²) in [6, 6.07) is 5.72. The van der Waals surface area contributed by atoms with Crippen LogP contribution >= 0.6 is 11.6 Å². The summed E-state index contributed by atoms with van der Waals surface area (Å²) in [6.07, 6.45) is 11.1. The number of halogens is 1. The van der Waals surface area contributed by atoms with Crippen molar-refractivity contribution in [1.82, 2.24) is 10.3 Å². The molecule has 0 saturated heterocycles. The Bertz CT molecular complexity index is 1100. The van der Waals surface area contributed by atoms with Crippen molar-refractivity contribution < 1.29 is 9.53 Å². The molecule has 2 heterocycles. The molecule has 1 aromatic heterocycles. The lowest BCUT2D eigenvalue weighted by molar-refractivity contribution is 0.0948. The van der Waals surface area contributed by atoms with Crippen LogP contribution in [0.2, 0.25) is 5.02 Å². The maximum absolute atomic E-state index is 13.3. The van der Waals surface area contributed by atoms with Crippen molar-refractivity contribution in [3.63, 3.8) is 0 Å². The number of carbonyl (C=O) groups is 1. The Balaban J connectivity index is 1.66. The fourth-order valence-corrected chi connectivity index (χ4v) is 4.92. The average Bonchev–Trinajstić information content (AvgIpc) is 2.78. The Morgan fingerprint density at radius 1 is 1.06 bits per heavy atom. The first-order valence-corrected chi connectivity index (χ1v) is 12.2. The summed E-state index contributed by atoms with van der Waals surface area (Å²) in [4.78, 5) is 28.7. The summed E-state index contributed by atoms with van der Waals surface area (Å²) < 4.78 is 6.36. The molecule has 2 aliphatic rings. The third-order valence-electron chi connectivity index (χ3n) is 6.53. The first-order valence-electron chi connectivity index (χ1n) is 11.8. The number of rotatable bonds is 2. The zero-order valence-corrected chi connectivity index (χ0v) is 19.8. The van der Waals surface area contributed by atoms with Crippen molar-refractivity contribution in [3.05, 3.63) is 73.7 Å². The molecule has 4 N–H and O–H groups in total. The molecule has 1 aliphatic carbocycles. The average molecular weight is 470 g/mol. The predicted molar refractivity (Wildman–Crippen MR) is 131 cm³/mol. The smallest absolute Gasteiger partial charge is 0.253 e. The van der Waals surface area contributed by atoms with E-state index in [9.17, 15) is 9.59 Å². The number of benzene rings is 1. The molecule has 7 heteroatoms. The van der Waals surface area contributed by atoms with Gasteiger partial charge in [-0.2, -0.15) is 0 Å². The molecule has 1 amide bonds. The van der Waals surface area contributed by atoms with Crippen LogP contribution in [0.15, 0.2) is 35.1 Å². The number of pyridine rings is 1. The van der Waals surface area contributed by atoms with Crippen LogP contribution in [0.3, 0.4) is 0 Å². The van der Waals surface area contributed by atoms with Crippen molar-refractivity contribution >= 4 is 17.5 Å². The van der Waals surface area contributed by atoms with E-state index in [1.165, 1.54) is 0 Å². The van der Waals surface area contributed by atoms with Gasteiger partial charge >= 0.3 is 0 Å². The van der Waals surface area contributed by atoms with E-state index in [1.807, 2.05) is 13.0 Å². The number of hydrogen-bond donors (Lipinski definition) is 3. The lowest BCUT2D eigenvalue weighted by Crippen LogP contribution is -2.32. The number of ether oxygens (including phenoxy) is 1. The molecule has 4 rings (SSSR count). The largest absolute Gasteiger partial charge is 0.490 e. The number of nitrogens with two attached hydrogens (primary N) is 1. The fourth-order valence-electron chi connectivity index (χ4n) is 4.71. The fraction of sp³-hybridized carbons (Fsp3) is 0.462. The van der Waals surface area contributed by atoms with Gasteiger partial charge in [-0.3, -0.25) is 9.59 Å². The third kappa shape index (κ3) is 5.87. The molecule has 176 valence electrons. The lowest BCUT2D eigenvalue weighted by atomic mass is 9.93. The number of H-pyrrole nitrogens is 1. The summed E-state index contributed by atoms with van der Waals surface area (Å²) in [5.74, 6) is 0.392. The van der Waals surface area contributed by atoms with E-state index in [1.54, 1.807) is 12.1 Å². The topological polar surface area (TPSA) is 97.2 Å². The molecular formula is C26H32ClN3O3. The number of aromatic amines is 1. The summed E-state index contributed by atoms with van der Waals surface area (Å²) in [5, 5.41) is 3.40. The van der Waals surface area contributed by atoms with Gasteiger partial charge in [-0.25, -0.2) is 0 Å². The second-order valence-electron chi connectivity index (χ2n) is 9.12. The standard InChI is InChI=1S/C26H32ClN3O3/c1-16-12-17-6-4-2-3-5-7-21-22(25(31)29-15-23(17)26(32)30-16)13-18(27)14-24(21)33-20-10-8-19(28)9-11-20/h3,5,12-14,19-20H,2,4,6-11,15,28H2,1H3,(H,29,31)(H,30,32)/b5-3+/t19-,20-. The second kappa shape index (κ2) is 10.6. The summed E-state index contributed by atoms with van der Waals surface area (Å²) >= 11 is 6.41. The highest BCUT2D eigenvalue weighted by atomic mass is 35.5. The Morgan fingerprint density at radius 3 is 2.64 bits per heavy atom. The van der Waals surface area contributed by atoms with Crippen LogP contribution in [0.25, 0.3) is 0 Å². The highest BCUT2D eigenvalue weighted by Crippen LogP contribution is 2.32. The van der Waals surface area contributed by atoms with Crippen LogP contribution < -0.4 is 21.3 Å². The SMILES string of the molecule is Cc1cc2c(c(=O)[nH]1)CNC(=O)c1cc(Cl)cc(O[C@H]3CC[C@H](N)CC3)c1C/C=C/CCC2. The first kappa shape index (κ1) is 23.6. The molecular weight excluding hydrogens is 438 g/mol. The van der Waals surface area contributed by atoms with Gasteiger partial charge in [0.15, 0.2) is 0 Å². The number of carbonyl (C=O) groups excluding carboxylic acids is 1. The van der Waals surface area contributed by atoms with Crippen LogP contribution in [0, 0.1) is 6.92 Å². The van der Waals surface area contributed by atoms with E-state index < -0.39 is 0 Å². The molecule has 6 nitrogen and oxygen atoms in total. The molecule has 0 atom stereocenters. The number of hydrogen-bond acceptors (Lipinski definition) is 4. The molecule has 0 bridgehead atoms. The molecule has 1 fully saturated rings. The van der Waals surface area contributed by atoms with Gasteiger partial charge in [0.2, 0.25) is 0 Å². The first-order chi connectivity index (χ1) is 15.9. The molecule has 2 aromatic rings. The van der Waals surface area contributed by atoms with Crippen molar-refractivity contribution in [2.45, 2.75) is 77.0 Å². The highest BCUT2D eigenvalue weighted by Gasteiger charge is 2.23. The Kier molecular flexibility index (Phi) is 7.56. The van der Waals surface area contributed by atoms with Crippen molar-refractivity contribution in [2.75, 3.05) is 0 Å². The zero-order valence-electron chi connectivity index (χ0n) is 19.1. The number of aromatic nitrogens is 1. The van der Waals surface area contributed by atoms with E-state index in [0.29, 0.717) is 28.3 Å². The van der Waals surface area contributed by atoms with Crippen molar-refractivity contribution in [1.29, 1.82) is 0 Å². The number of nitrogens with one attached hydrogen (secondary N) is 2. The minimum absolute atomic E-state index is 0.0673. The second-order valence-corrected chi connectivity index (χ2v) is 9.56. The van der Waals surface area contributed by atoms with Gasteiger partial charge in [0.05, 0.1) is 6.10 Å². The normalized spacial score (nSPS) is 22.6. The lowest BCUT2D eigenvalue weighted by Gasteiger charge is -2.28.